The predicted octanol–water partition coefficient (Wildman–Crippen LogP) is 4.47. The van der Waals surface area contributed by atoms with Crippen LogP contribution in [0.5, 0.6) is 5.88 Å². The van der Waals surface area contributed by atoms with Crippen molar-refractivity contribution in [1.82, 2.24) is 14.6 Å². The highest BCUT2D eigenvalue weighted by Crippen LogP contribution is 2.32. The molecular formula is C23H32F3N5O3S. The second kappa shape index (κ2) is 14.5. The normalized spacial score (nSPS) is 11.0. The number of aromatic nitrogens is 1. The molecule has 0 aliphatic carbocycles. The van der Waals surface area contributed by atoms with Gasteiger partial charge in [0.2, 0.25) is 5.88 Å². The number of nitrogens with one attached hydrogen (secondary N) is 2. The van der Waals surface area contributed by atoms with Crippen LogP contribution in [0.15, 0.2) is 12.1 Å². The van der Waals surface area contributed by atoms with Crippen LogP contribution >= 0.6 is 11.5 Å². The van der Waals surface area contributed by atoms with Crippen LogP contribution in [-0.4, -0.2) is 48.4 Å². The molecule has 0 saturated heterocycles. The number of amides is 3. The van der Waals surface area contributed by atoms with E-state index in [4.69, 9.17) is 10.5 Å². The highest BCUT2D eigenvalue weighted by Gasteiger charge is 2.23. The largest absolute Gasteiger partial charge is 0.472 e. The summed E-state index contributed by atoms with van der Waals surface area (Å²) in [5.74, 6) is -1.07. The number of halogens is 3. The number of alkyl halides is 3. The minimum absolute atomic E-state index is 0.00190. The summed E-state index contributed by atoms with van der Waals surface area (Å²) in [7, 11) is 4.05. The highest BCUT2D eigenvalue weighted by atomic mass is 32.1. The zero-order chi connectivity index (χ0) is 25.8. The summed E-state index contributed by atoms with van der Waals surface area (Å²) in [6.45, 7) is -1.69. The fourth-order valence-electron chi connectivity index (χ4n) is 3.46. The molecule has 1 aromatic heterocycles. The van der Waals surface area contributed by atoms with E-state index in [2.05, 4.69) is 19.9 Å². The first-order valence-electron chi connectivity index (χ1n) is 11.2. The van der Waals surface area contributed by atoms with E-state index in [0.717, 1.165) is 43.8 Å². The first-order chi connectivity index (χ1) is 16.8. The Kier molecular flexibility index (Phi) is 11.8. The van der Waals surface area contributed by atoms with E-state index < -0.39 is 32.0 Å². The lowest BCUT2D eigenvalue weighted by Gasteiger charge is -2.15. The van der Waals surface area contributed by atoms with E-state index in [1.807, 2.05) is 14.1 Å². The molecule has 0 bridgehead atoms. The number of hydrogen-bond donors (Lipinski definition) is 3. The van der Waals surface area contributed by atoms with Crippen molar-refractivity contribution >= 4 is 28.5 Å². The first-order valence-corrected chi connectivity index (χ1v) is 12.0. The zero-order valence-corrected chi connectivity index (χ0v) is 20.8. The first kappa shape index (κ1) is 28.4. The lowest BCUT2D eigenvalue weighted by Crippen LogP contribution is -2.30. The summed E-state index contributed by atoms with van der Waals surface area (Å²) in [5.41, 5.74) is 5.68. The molecule has 2 aromatic rings. The average molecular weight is 516 g/mol. The Labute approximate surface area is 207 Å². The molecule has 0 unspecified atom stereocenters. The van der Waals surface area contributed by atoms with Gasteiger partial charge in [0.15, 0.2) is 0 Å². The molecule has 4 N–H and O–H groups in total. The number of nitrogens with two attached hydrogens (primary N) is 1. The Hall–Kier alpha value is -2.86. The predicted molar refractivity (Wildman–Crippen MR) is 130 cm³/mol. The summed E-state index contributed by atoms with van der Waals surface area (Å²) >= 11 is 0.788. The fourth-order valence-corrected chi connectivity index (χ4v) is 4.20. The van der Waals surface area contributed by atoms with Crippen LogP contribution in [0, 0.1) is 0 Å². The summed E-state index contributed by atoms with van der Waals surface area (Å²) in [6.07, 6.45) is 3.94. The van der Waals surface area contributed by atoms with Gasteiger partial charge in [-0.15, -0.1) is 0 Å². The van der Waals surface area contributed by atoms with E-state index >= 15 is 0 Å². The summed E-state index contributed by atoms with van der Waals surface area (Å²) in [5, 5.41) is 5.34. The number of primary amides is 1. The Balaban J connectivity index is 2.00. The summed E-state index contributed by atoms with van der Waals surface area (Å²) in [4.78, 5) is 26.4. The molecule has 8 nitrogen and oxygen atoms in total. The lowest BCUT2D eigenvalue weighted by atomic mass is 9.98. The van der Waals surface area contributed by atoms with Crippen LogP contribution in [0.4, 0.5) is 23.0 Å². The summed E-state index contributed by atoms with van der Waals surface area (Å²) < 4.78 is 49.8. The number of rotatable bonds is 15. The Morgan fingerprint density at radius 2 is 1.69 bits per heavy atom. The molecule has 0 atom stereocenters. The van der Waals surface area contributed by atoms with Crippen molar-refractivity contribution < 1.29 is 27.5 Å². The minimum atomic E-state index is -1.01. The van der Waals surface area contributed by atoms with E-state index in [9.17, 15) is 22.8 Å². The molecular weight excluding hydrogens is 483 g/mol. The van der Waals surface area contributed by atoms with Gasteiger partial charge in [0.25, 0.3) is 5.91 Å². The molecule has 0 aliphatic heterocycles. The van der Waals surface area contributed by atoms with Gasteiger partial charge >= 0.3 is 6.03 Å². The molecule has 2 rings (SSSR count). The van der Waals surface area contributed by atoms with Gasteiger partial charge in [-0.25, -0.2) is 18.0 Å². The number of urea groups is 1. The average Bonchev–Trinajstić information content (AvgIpc) is 3.23. The van der Waals surface area contributed by atoms with Gasteiger partial charge in [0, 0.05) is 12.1 Å². The van der Waals surface area contributed by atoms with Gasteiger partial charge < -0.3 is 20.7 Å². The molecule has 1 aromatic carbocycles. The Bertz CT molecular complexity index is 988. The van der Waals surface area contributed by atoms with Crippen LogP contribution in [0.25, 0.3) is 0 Å². The number of nitrogens with zero attached hydrogens (tertiary/aromatic N) is 2. The van der Waals surface area contributed by atoms with Crippen LogP contribution in [0.3, 0.4) is 0 Å². The van der Waals surface area contributed by atoms with Crippen molar-refractivity contribution in [3.63, 3.8) is 0 Å². The van der Waals surface area contributed by atoms with Crippen LogP contribution in [0.2, 0.25) is 0 Å². The molecule has 194 valence electrons. The topological polar surface area (TPSA) is 110 Å². The van der Waals surface area contributed by atoms with Crippen molar-refractivity contribution in [2.75, 3.05) is 32.5 Å². The second-order valence-electron chi connectivity index (χ2n) is 8.18. The minimum Gasteiger partial charge on any atom is -0.472 e. The molecule has 0 aliphatic rings. The molecule has 12 heteroatoms. The van der Waals surface area contributed by atoms with Crippen LogP contribution in [0.1, 0.15) is 58.3 Å². The maximum absolute atomic E-state index is 13.6. The third kappa shape index (κ3) is 8.39. The number of unbranched alkanes of at least 4 members (excludes halogenated alkanes) is 3. The number of anilines is 1. The molecule has 0 radical (unpaired) electrons. The van der Waals surface area contributed by atoms with E-state index in [0.29, 0.717) is 6.54 Å². The second-order valence-corrected chi connectivity index (χ2v) is 8.96. The monoisotopic (exact) mass is 515 g/mol. The molecule has 0 spiro atoms. The van der Waals surface area contributed by atoms with Gasteiger partial charge in [-0.3, -0.25) is 10.1 Å². The molecule has 3 amide bonds. The summed E-state index contributed by atoms with van der Waals surface area (Å²) in [6, 6.07) is 2.17. The number of ether oxygens (including phenoxy) is 1. The van der Waals surface area contributed by atoms with Crippen molar-refractivity contribution in [2.24, 2.45) is 5.73 Å². The number of carbonyl (C=O) groups is 2. The lowest BCUT2D eigenvalue weighted by molar-refractivity contribution is 0.0996. The van der Waals surface area contributed by atoms with Crippen molar-refractivity contribution in [1.29, 1.82) is 0 Å². The van der Waals surface area contributed by atoms with Gasteiger partial charge in [-0.2, -0.15) is 4.37 Å². The van der Waals surface area contributed by atoms with Crippen molar-refractivity contribution in [3.05, 3.63) is 39.9 Å². The number of hydrogen-bond acceptors (Lipinski definition) is 6. The number of carbonyl (C=O) groups excluding carboxylic acids is 2. The molecule has 0 fully saturated rings. The highest BCUT2D eigenvalue weighted by molar-refractivity contribution is 7.11. The van der Waals surface area contributed by atoms with Crippen LogP contribution in [-0.2, 0) is 26.6 Å². The Morgan fingerprint density at radius 1 is 1.03 bits per heavy atom. The number of benzene rings is 1. The zero-order valence-electron chi connectivity index (χ0n) is 20.0. The van der Waals surface area contributed by atoms with Gasteiger partial charge in [0.1, 0.15) is 37.2 Å². The third-order valence-corrected chi connectivity index (χ3v) is 6.10. The van der Waals surface area contributed by atoms with E-state index in [-0.39, 0.29) is 45.3 Å². The smallest absolute Gasteiger partial charge is 0.319 e. The third-order valence-electron chi connectivity index (χ3n) is 5.35. The van der Waals surface area contributed by atoms with E-state index in [1.165, 1.54) is 12.1 Å². The quantitative estimate of drug-likeness (QED) is 0.303. The molecule has 1 heterocycles. The van der Waals surface area contributed by atoms with Crippen LogP contribution < -0.4 is 21.1 Å². The maximum Gasteiger partial charge on any atom is 0.319 e. The van der Waals surface area contributed by atoms with Gasteiger partial charge in [-0.05, 0) is 61.7 Å². The van der Waals surface area contributed by atoms with Crippen molar-refractivity contribution in [3.8, 4) is 5.88 Å². The molecule has 0 saturated carbocycles. The molecule has 35 heavy (non-hydrogen) atoms. The fraction of sp³-hybridized carbons (Fsp3) is 0.522. The van der Waals surface area contributed by atoms with Gasteiger partial charge in [0.05, 0.1) is 0 Å². The Morgan fingerprint density at radius 3 is 2.29 bits per heavy atom. The van der Waals surface area contributed by atoms with Crippen molar-refractivity contribution in [2.45, 2.75) is 52.3 Å². The maximum atomic E-state index is 13.6. The SMILES string of the molecule is CN(C)CCCCCCNC(=O)Nc1snc(OCc2c(CF)ccc(CF)c2CF)c1C(N)=O. The standard InChI is InChI=1S/C23H32F3N5O3S/c1-31(2)10-6-4-3-5-9-28-23(33)29-22-19(20(27)32)21(30-35-22)34-14-18-16(12-25)8-7-15(11-24)17(18)13-26/h7-8H,3-6,9-14H2,1-2H3,(H2,27,32)(H2,28,29,33). The van der Waals surface area contributed by atoms with E-state index in [1.54, 1.807) is 0 Å². The van der Waals surface area contributed by atoms with Gasteiger partial charge in [-0.1, -0.05) is 25.0 Å².